The summed E-state index contributed by atoms with van der Waals surface area (Å²) in [5.41, 5.74) is 0. The molecule has 0 aliphatic carbocycles. The molecule has 0 amide bonds. The van der Waals surface area contributed by atoms with Gasteiger partial charge in [-0.2, -0.15) is 0 Å². The van der Waals surface area contributed by atoms with E-state index in [4.69, 9.17) is 0 Å². The Kier molecular flexibility index (Phi) is 5010000. The summed E-state index contributed by atoms with van der Waals surface area (Å²) in [6.07, 6.45) is 0. The Balaban J connectivity index is 0. The van der Waals surface area contributed by atoms with Gasteiger partial charge in [0, 0.05) is 8.41 Å². The normalized spacial score (nSPS) is 0. The quantitative estimate of drug-likeness (QED) is 0.308. The monoisotopic (exact) mass is 173 g/mol. The molecule has 9 nitrogen and oxygen atoms in total. The zero-order chi connectivity index (χ0) is 0. The molecule has 3 radical (unpaired) electrons. The maximum atomic E-state index is 0. The minimum atomic E-state index is 0. The second-order valence-corrected chi connectivity index (χ2v) is 0. The molecule has 0 aromatic carbocycles. The predicted molar refractivity (Wildman–Crippen MR) is 38.3 cm³/mol. The average molecular weight is 173 g/mol. The molecule has 0 bridgehead atoms. The summed E-state index contributed by atoms with van der Waals surface area (Å²) in [6.45, 7) is 0. The summed E-state index contributed by atoms with van der Waals surface area (Å²) in [5, 5.41) is 0. The fraction of sp³-hybridized carbons (Fsp3) is 0. The summed E-state index contributed by atoms with van der Waals surface area (Å²) >= 11 is 0. The standard InChI is InChI=1S/B.9H2O/h;9*1H2. The molecule has 18 N–H and O–H groups in total. The van der Waals surface area contributed by atoms with Crippen molar-refractivity contribution in [3.05, 3.63) is 0 Å². The van der Waals surface area contributed by atoms with E-state index in [0.717, 1.165) is 0 Å². The van der Waals surface area contributed by atoms with E-state index in [-0.39, 0.29) is 57.7 Å². The summed E-state index contributed by atoms with van der Waals surface area (Å²) < 4.78 is 0. The van der Waals surface area contributed by atoms with E-state index in [0.29, 0.717) is 0 Å². The molecule has 0 aliphatic rings. The van der Waals surface area contributed by atoms with Crippen molar-refractivity contribution in [1.29, 1.82) is 0 Å². The molecule has 0 unspecified atom stereocenters. The average Bonchev–Trinajstić information content (AvgIpc) is 0. The van der Waals surface area contributed by atoms with E-state index in [1.807, 2.05) is 0 Å². The second kappa shape index (κ2) is 5940. The van der Waals surface area contributed by atoms with Gasteiger partial charge < -0.3 is 49.3 Å². The van der Waals surface area contributed by atoms with E-state index >= 15 is 0 Å². The summed E-state index contributed by atoms with van der Waals surface area (Å²) in [7, 11) is 0. The molecular weight excluding hydrogens is 155 g/mol. The molecule has 0 saturated heterocycles. The van der Waals surface area contributed by atoms with E-state index in [1.165, 1.54) is 0 Å². The Bertz CT molecular complexity index is 4.69. The van der Waals surface area contributed by atoms with Crippen molar-refractivity contribution >= 4 is 8.41 Å². The maximum Gasteiger partial charge on any atom is 0 e. The molecule has 0 aromatic heterocycles. The Labute approximate surface area is 59.0 Å². The molecule has 0 aromatic rings. The Morgan fingerprint density at radius 3 is 0.200 bits per heavy atom. The van der Waals surface area contributed by atoms with Crippen LogP contribution >= 0.6 is 0 Å². The van der Waals surface area contributed by atoms with Gasteiger partial charge in [0.15, 0.2) is 0 Å². The lowest BCUT2D eigenvalue weighted by Gasteiger charge is -0.413. The largest absolute Gasteiger partial charge is 0.412 e. The first kappa shape index (κ1) is 8450. The topological polar surface area (TPSA) is 284 Å². The van der Waals surface area contributed by atoms with Gasteiger partial charge in [0.1, 0.15) is 0 Å². The van der Waals surface area contributed by atoms with Crippen LogP contribution in [0.2, 0.25) is 0 Å². The van der Waals surface area contributed by atoms with Crippen molar-refractivity contribution in [1.82, 2.24) is 0 Å². The van der Waals surface area contributed by atoms with Gasteiger partial charge in [0.05, 0.1) is 0 Å². The lowest BCUT2D eigenvalue weighted by molar-refractivity contribution is 0.823. The van der Waals surface area contributed by atoms with Crippen molar-refractivity contribution in [2.24, 2.45) is 0 Å². The molecule has 0 fully saturated rings. The van der Waals surface area contributed by atoms with Crippen LogP contribution in [0.4, 0.5) is 0 Å². The first-order valence-electron chi connectivity index (χ1n) is 0. The third kappa shape index (κ3) is 3980. The van der Waals surface area contributed by atoms with Gasteiger partial charge in [-0.25, -0.2) is 0 Å². The van der Waals surface area contributed by atoms with Gasteiger partial charge in [-0.05, 0) is 0 Å². The van der Waals surface area contributed by atoms with Crippen LogP contribution in [0.1, 0.15) is 0 Å². The van der Waals surface area contributed by atoms with Gasteiger partial charge in [-0.3, -0.25) is 0 Å². The minimum absolute atomic E-state index is 0. The maximum absolute atomic E-state index is 0. The first-order valence-corrected chi connectivity index (χ1v) is 0. The summed E-state index contributed by atoms with van der Waals surface area (Å²) in [4.78, 5) is 0. The Morgan fingerprint density at radius 1 is 0.200 bits per heavy atom. The third-order valence-electron chi connectivity index (χ3n) is 0. The fourth-order valence-corrected chi connectivity index (χ4v) is 0. The van der Waals surface area contributed by atoms with Crippen LogP contribution in [0.25, 0.3) is 0 Å². The predicted octanol–water partition coefficient (Wildman–Crippen LogP) is -7.80. The zero-order valence-corrected chi connectivity index (χ0v) is 5.08. The smallest absolute Gasteiger partial charge is 0 e. The highest BCUT2D eigenvalue weighted by atomic mass is 16.0. The Morgan fingerprint density at radius 2 is 0.200 bits per heavy atom. The Hall–Kier alpha value is -0.295. The highest BCUT2D eigenvalue weighted by Gasteiger charge is 0.0000223. The molecule has 10 heteroatoms. The van der Waals surface area contributed by atoms with Gasteiger partial charge in [-0.1, -0.05) is 0 Å². The van der Waals surface area contributed by atoms with Crippen LogP contribution < -0.4 is 0 Å². The lowest BCUT2D eigenvalue weighted by atomic mass is 10.8. The molecule has 0 rings (SSSR count). The molecule has 0 aliphatic heterocycles. The third-order valence-corrected chi connectivity index (χ3v) is 0. The number of hydrogen-bond acceptors (Lipinski definition) is 0. The number of hydrogen-bond donors (Lipinski definition) is 0. The van der Waals surface area contributed by atoms with Crippen molar-refractivity contribution in [3.8, 4) is 0 Å². The SMILES string of the molecule is O.O.O.O.O.O.O.O.O.[B]. The molecule has 0 atom stereocenters. The molecule has 75 valence electrons. The van der Waals surface area contributed by atoms with Gasteiger partial charge >= 0.3 is 0 Å². The van der Waals surface area contributed by atoms with Crippen LogP contribution in [-0.2, 0) is 0 Å². The molecule has 10 heavy (non-hydrogen) atoms. The van der Waals surface area contributed by atoms with Crippen molar-refractivity contribution < 1.29 is 49.3 Å². The van der Waals surface area contributed by atoms with E-state index in [9.17, 15) is 0 Å². The highest BCUT2D eigenvalue weighted by Crippen LogP contribution is -0.281. The molecular formula is H18BO9. The van der Waals surface area contributed by atoms with Crippen LogP contribution in [-0.4, -0.2) is 57.7 Å². The van der Waals surface area contributed by atoms with E-state index < -0.39 is 0 Å². The van der Waals surface area contributed by atoms with Crippen molar-refractivity contribution in [2.45, 2.75) is 0 Å². The van der Waals surface area contributed by atoms with Gasteiger partial charge in [0.2, 0.25) is 0 Å². The van der Waals surface area contributed by atoms with Crippen molar-refractivity contribution in [3.63, 3.8) is 0 Å². The molecule has 0 heterocycles. The lowest BCUT2D eigenvalue weighted by Crippen LogP contribution is -0.381. The van der Waals surface area contributed by atoms with Crippen LogP contribution in [0, 0.1) is 0 Å². The van der Waals surface area contributed by atoms with Crippen molar-refractivity contribution in [2.75, 3.05) is 0 Å². The van der Waals surface area contributed by atoms with Crippen LogP contribution in [0.15, 0.2) is 0 Å². The minimum Gasteiger partial charge on any atom is -0.412 e. The number of rotatable bonds is 0. The zero-order valence-electron chi connectivity index (χ0n) is 5.08. The molecule has 0 spiro atoms. The molecule has 0 saturated carbocycles. The van der Waals surface area contributed by atoms with E-state index in [2.05, 4.69) is 0 Å². The first-order chi connectivity index (χ1) is 0. The highest BCUT2D eigenvalue weighted by molar-refractivity contribution is 5.75. The fourth-order valence-electron chi connectivity index (χ4n) is 0. The van der Waals surface area contributed by atoms with Gasteiger partial charge in [0.25, 0.3) is 0 Å². The van der Waals surface area contributed by atoms with Crippen LogP contribution in [0.3, 0.4) is 0 Å². The summed E-state index contributed by atoms with van der Waals surface area (Å²) in [5.74, 6) is 0. The van der Waals surface area contributed by atoms with Gasteiger partial charge in [-0.15, -0.1) is 0 Å². The summed E-state index contributed by atoms with van der Waals surface area (Å²) in [6, 6.07) is 0. The van der Waals surface area contributed by atoms with Crippen LogP contribution in [0.5, 0.6) is 0 Å². The van der Waals surface area contributed by atoms with E-state index in [1.54, 1.807) is 0 Å². The second-order valence-electron chi connectivity index (χ2n) is 0.